The first kappa shape index (κ1) is 11.7. The molecule has 0 saturated heterocycles. The Kier molecular flexibility index (Phi) is 3.72. The SMILES string of the molecule is O=C(CC1CCC1)Nc1cc(Cl)ccc1Cl. The van der Waals surface area contributed by atoms with Crippen LogP contribution >= 0.6 is 23.2 Å². The van der Waals surface area contributed by atoms with Crippen molar-refractivity contribution in [1.29, 1.82) is 0 Å². The summed E-state index contributed by atoms with van der Waals surface area (Å²) in [6, 6.07) is 5.05. The highest BCUT2D eigenvalue weighted by Crippen LogP contribution is 2.30. The molecule has 0 spiro atoms. The summed E-state index contributed by atoms with van der Waals surface area (Å²) < 4.78 is 0. The van der Waals surface area contributed by atoms with E-state index >= 15 is 0 Å². The minimum Gasteiger partial charge on any atom is -0.325 e. The van der Waals surface area contributed by atoms with Crippen LogP contribution in [-0.4, -0.2) is 5.91 Å². The van der Waals surface area contributed by atoms with E-state index in [1.807, 2.05) is 0 Å². The van der Waals surface area contributed by atoms with Gasteiger partial charge in [0.15, 0.2) is 0 Å². The van der Waals surface area contributed by atoms with Crippen molar-refractivity contribution in [2.75, 3.05) is 5.32 Å². The molecule has 1 aromatic carbocycles. The molecule has 1 fully saturated rings. The number of benzene rings is 1. The Morgan fingerprint density at radius 2 is 2.12 bits per heavy atom. The predicted octanol–water partition coefficient (Wildman–Crippen LogP) is 4.12. The maximum Gasteiger partial charge on any atom is 0.224 e. The molecule has 0 aliphatic heterocycles. The quantitative estimate of drug-likeness (QED) is 0.867. The lowest BCUT2D eigenvalue weighted by molar-refractivity contribution is -0.117. The molecule has 86 valence electrons. The molecule has 0 bridgehead atoms. The van der Waals surface area contributed by atoms with Crippen molar-refractivity contribution in [2.45, 2.75) is 25.7 Å². The fourth-order valence-electron chi connectivity index (χ4n) is 1.75. The molecule has 1 aromatic rings. The highest BCUT2D eigenvalue weighted by Gasteiger charge is 2.20. The summed E-state index contributed by atoms with van der Waals surface area (Å²) in [6.07, 6.45) is 4.16. The van der Waals surface area contributed by atoms with Crippen LogP contribution in [0.15, 0.2) is 18.2 Å². The molecular weight excluding hydrogens is 245 g/mol. The van der Waals surface area contributed by atoms with Crippen LogP contribution < -0.4 is 5.32 Å². The first-order chi connectivity index (χ1) is 7.65. The highest BCUT2D eigenvalue weighted by atomic mass is 35.5. The van der Waals surface area contributed by atoms with Gasteiger partial charge in [-0.15, -0.1) is 0 Å². The van der Waals surface area contributed by atoms with Crippen LogP contribution in [0.3, 0.4) is 0 Å². The number of carbonyl (C=O) groups is 1. The zero-order valence-corrected chi connectivity index (χ0v) is 10.3. The predicted molar refractivity (Wildman–Crippen MR) is 67.0 cm³/mol. The molecular formula is C12H13Cl2NO. The second kappa shape index (κ2) is 5.07. The summed E-state index contributed by atoms with van der Waals surface area (Å²) in [7, 11) is 0. The number of amides is 1. The number of hydrogen-bond donors (Lipinski definition) is 1. The fraction of sp³-hybridized carbons (Fsp3) is 0.417. The van der Waals surface area contributed by atoms with E-state index < -0.39 is 0 Å². The summed E-state index contributed by atoms with van der Waals surface area (Å²) >= 11 is 11.8. The van der Waals surface area contributed by atoms with Crippen LogP contribution in [0.2, 0.25) is 10.0 Å². The van der Waals surface area contributed by atoms with E-state index in [0.29, 0.717) is 28.1 Å². The van der Waals surface area contributed by atoms with Crippen molar-refractivity contribution in [1.82, 2.24) is 0 Å². The van der Waals surface area contributed by atoms with Crippen molar-refractivity contribution in [3.8, 4) is 0 Å². The second-order valence-electron chi connectivity index (χ2n) is 4.17. The summed E-state index contributed by atoms with van der Waals surface area (Å²) in [4.78, 5) is 11.7. The van der Waals surface area contributed by atoms with Crippen molar-refractivity contribution in [2.24, 2.45) is 5.92 Å². The van der Waals surface area contributed by atoms with Crippen LogP contribution in [-0.2, 0) is 4.79 Å². The molecule has 2 rings (SSSR count). The van der Waals surface area contributed by atoms with E-state index in [-0.39, 0.29) is 5.91 Å². The second-order valence-corrected chi connectivity index (χ2v) is 5.02. The van der Waals surface area contributed by atoms with Crippen LogP contribution in [0.5, 0.6) is 0 Å². The van der Waals surface area contributed by atoms with Gasteiger partial charge >= 0.3 is 0 Å². The standard InChI is InChI=1S/C12H13Cl2NO/c13-9-4-5-10(14)11(7-9)15-12(16)6-8-2-1-3-8/h4-5,7-8H,1-3,6H2,(H,15,16). The third-order valence-electron chi connectivity index (χ3n) is 2.90. The fourth-order valence-corrected chi connectivity index (χ4v) is 2.09. The Morgan fingerprint density at radius 3 is 2.75 bits per heavy atom. The molecule has 16 heavy (non-hydrogen) atoms. The number of carbonyl (C=O) groups excluding carboxylic acids is 1. The van der Waals surface area contributed by atoms with Crippen molar-refractivity contribution in [3.63, 3.8) is 0 Å². The molecule has 4 heteroatoms. The Hall–Kier alpha value is -0.730. The van der Waals surface area contributed by atoms with E-state index in [9.17, 15) is 4.79 Å². The van der Waals surface area contributed by atoms with E-state index in [2.05, 4.69) is 5.32 Å². The van der Waals surface area contributed by atoms with E-state index in [4.69, 9.17) is 23.2 Å². The van der Waals surface area contributed by atoms with Gasteiger partial charge in [0.05, 0.1) is 10.7 Å². The van der Waals surface area contributed by atoms with Crippen molar-refractivity contribution in [3.05, 3.63) is 28.2 Å². The first-order valence-electron chi connectivity index (χ1n) is 5.40. The Morgan fingerprint density at radius 1 is 1.38 bits per heavy atom. The van der Waals surface area contributed by atoms with E-state index in [1.165, 1.54) is 6.42 Å². The molecule has 1 N–H and O–H groups in total. The average Bonchev–Trinajstić information content (AvgIpc) is 2.18. The Labute approximate surface area is 105 Å². The van der Waals surface area contributed by atoms with Gasteiger partial charge in [-0.2, -0.15) is 0 Å². The van der Waals surface area contributed by atoms with Crippen LogP contribution in [0.4, 0.5) is 5.69 Å². The van der Waals surface area contributed by atoms with Crippen LogP contribution in [0, 0.1) is 5.92 Å². The number of hydrogen-bond acceptors (Lipinski definition) is 1. The Balaban J connectivity index is 1.96. The topological polar surface area (TPSA) is 29.1 Å². The van der Waals surface area contributed by atoms with Gasteiger partial charge in [0.2, 0.25) is 5.91 Å². The van der Waals surface area contributed by atoms with Gasteiger partial charge in [0.25, 0.3) is 0 Å². The zero-order chi connectivity index (χ0) is 11.5. The monoisotopic (exact) mass is 257 g/mol. The van der Waals surface area contributed by atoms with Crippen molar-refractivity contribution >= 4 is 34.8 Å². The van der Waals surface area contributed by atoms with Crippen LogP contribution in [0.1, 0.15) is 25.7 Å². The molecule has 0 atom stereocenters. The summed E-state index contributed by atoms with van der Waals surface area (Å²) in [5.74, 6) is 0.576. The van der Waals surface area contributed by atoms with Gasteiger partial charge in [-0.05, 0) is 37.0 Å². The number of halogens is 2. The summed E-state index contributed by atoms with van der Waals surface area (Å²) in [6.45, 7) is 0. The minimum absolute atomic E-state index is 0.0221. The zero-order valence-electron chi connectivity index (χ0n) is 8.80. The van der Waals surface area contributed by atoms with E-state index in [1.54, 1.807) is 18.2 Å². The molecule has 0 unspecified atom stereocenters. The third-order valence-corrected chi connectivity index (χ3v) is 3.47. The molecule has 1 amide bonds. The molecule has 0 radical (unpaired) electrons. The minimum atomic E-state index is 0.0221. The lowest BCUT2D eigenvalue weighted by Crippen LogP contribution is -2.20. The maximum atomic E-state index is 11.7. The van der Waals surface area contributed by atoms with Crippen molar-refractivity contribution < 1.29 is 4.79 Å². The molecule has 1 aliphatic rings. The third kappa shape index (κ3) is 2.89. The average molecular weight is 258 g/mol. The summed E-state index contributed by atoms with van der Waals surface area (Å²) in [5, 5.41) is 3.89. The number of nitrogens with one attached hydrogen (secondary N) is 1. The van der Waals surface area contributed by atoms with Gasteiger partial charge in [-0.25, -0.2) is 0 Å². The maximum absolute atomic E-state index is 11.7. The molecule has 0 heterocycles. The van der Waals surface area contributed by atoms with Gasteiger partial charge in [0.1, 0.15) is 0 Å². The molecule has 1 saturated carbocycles. The molecule has 2 nitrogen and oxygen atoms in total. The molecule has 0 aromatic heterocycles. The lowest BCUT2D eigenvalue weighted by Gasteiger charge is -2.24. The van der Waals surface area contributed by atoms with Gasteiger partial charge in [-0.1, -0.05) is 29.6 Å². The highest BCUT2D eigenvalue weighted by molar-refractivity contribution is 6.35. The number of rotatable bonds is 3. The van der Waals surface area contributed by atoms with Crippen LogP contribution in [0.25, 0.3) is 0 Å². The summed E-state index contributed by atoms with van der Waals surface area (Å²) in [5.41, 5.74) is 0.596. The Bertz CT molecular complexity index is 402. The van der Waals surface area contributed by atoms with Gasteiger partial charge < -0.3 is 5.32 Å². The first-order valence-corrected chi connectivity index (χ1v) is 6.15. The largest absolute Gasteiger partial charge is 0.325 e. The molecule has 1 aliphatic carbocycles. The lowest BCUT2D eigenvalue weighted by atomic mass is 9.83. The number of anilines is 1. The normalized spacial score (nSPS) is 15.6. The van der Waals surface area contributed by atoms with Gasteiger partial charge in [-0.3, -0.25) is 4.79 Å². The van der Waals surface area contributed by atoms with Gasteiger partial charge in [0, 0.05) is 11.4 Å². The van der Waals surface area contributed by atoms with E-state index in [0.717, 1.165) is 12.8 Å². The smallest absolute Gasteiger partial charge is 0.224 e.